The maximum Gasteiger partial charge on any atom is 0.248 e. The van der Waals surface area contributed by atoms with Crippen LogP contribution in [0.15, 0.2) is 40.0 Å². The minimum atomic E-state index is -3.58. The van der Waals surface area contributed by atoms with Gasteiger partial charge in [0.1, 0.15) is 0 Å². The molecule has 0 unspecified atom stereocenters. The van der Waals surface area contributed by atoms with Gasteiger partial charge in [0.15, 0.2) is 0 Å². The van der Waals surface area contributed by atoms with Crippen LogP contribution in [0.5, 0.6) is 0 Å². The van der Waals surface area contributed by atoms with Crippen LogP contribution in [-0.4, -0.2) is 43.5 Å². The Morgan fingerprint density at radius 1 is 1.30 bits per heavy atom. The number of likely N-dealkylation sites (N-methyl/N-ethyl adjacent to an activating group) is 1. The third-order valence-corrected chi connectivity index (χ3v) is 6.05. The van der Waals surface area contributed by atoms with Crippen molar-refractivity contribution >= 4 is 20.9 Å². The molecule has 0 amide bonds. The smallest absolute Gasteiger partial charge is 0.248 e. The minimum Gasteiger partial charge on any atom is -0.377 e. The number of aromatic amines is 1. The molecular formula is C16H20N2O4S. The number of fused-ring (bicyclic) bond motifs is 1. The molecule has 1 atom stereocenters. The van der Waals surface area contributed by atoms with Crippen LogP contribution in [0, 0.1) is 0 Å². The maximum absolute atomic E-state index is 12.9. The molecule has 1 aromatic heterocycles. The fourth-order valence-corrected chi connectivity index (χ4v) is 4.37. The van der Waals surface area contributed by atoms with Gasteiger partial charge in [-0.2, -0.15) is 4.31 Å². The molecule has 1 N–H and O–H groups in total. The molecule has 2 heterocycles. The van der Waals surface area contributed by atoms with Crippen LogP contribution in [0.25, 0.3) is 10.9 Å². The van der Waals surface area contributed by atoms with Gasteiger partial charge in [-0.1, -0.05) is 6.92 Å². The largest absolute Gasteiger partial charge is 0.377 e. The van der Waals surface area contributed by atoms with Gasteiger partial charge in [0.05, 0.1) is 11.0 Å². The van der Waals surface area contributed by atoms with Crippen LogP contribution in [0.4, 0.5) is 0 Å². The Hall–Kier alpha value is -1.70. The highest BCUT2D eigenvalue weighted by molar-refractivity contribution is 7.89. The number of H-pyrrole nitrogens is 1. The molecule has 0 aliphatic carbocycles. The number of ether oxygens (including phenoxy) is 1. The third kappa shape index (κ3) is 3.31. The molecule has 124 valence electrons. The van der Waals surface area contributed by atoms with Gasteiger partial charge in [0.25, 0.3) is 0 Å². The lowest BCUT2D eigenvalue weighted by atomic mass is 10.2. The van der Waals surface area contributed by atoms with E-state index >= 15 is 0 Å². The Bertz CT molecular complexity index is 854. The van der Waals surface area contributed by atoms with E-state index in [2.05, 4.69) is 4.98 Å². The lowest BCUT2D eigenvalue weighted by Crippen LogP contribution is -2.37. The lowest BCUT2D eigenvalue weighted by molar-refractivity contribution is 0.0947. The SMILES string of the molecule is CCN(C[C@H]1CCCO1)S(=O)(=O)c1ccc2[nH]c(=O)ccc2c1. The third-order valence-electron chi connectivity index (χ3n) is 4.12. The first kappa shape index (κ1) is 16.2. The Balaban J connectivity index is 1.93. The van der Waals surface area contributed by atoms with Crippen molar-refractivity contribution in [1.82, 2.24) is 9.29 Å². The van der Waals surface area contributed by atoms with E-state index in [9.17, 15) is 13.2 Å². The van der Waals surface area contributed by atoms with Crippen LogP contribution in [0.1, 0.15) is 19.8 Å². The van der Waals surface area contributed by atoms with E-state index in [0.717, 1.165) is 12.8 Å². The Morgan fingerprint density at radius 3 is 2.83 bits per heavy atom. The summed E-state index contributed by atoms with van der Waals surface area (Å²) < 4.78 is 32.7. The van der Waals surface area contributed by atoms with Crippen LogP contribution < -0.4 is 5.56 Å². The van der Waals surface area contributed by atoms with E-state index < -0.39 is 10.0 Å². The van der Waals surface area contributed by atoms with E-state index in [1.165, 1.54) is 16.4 Å². The van der Waals surface area contributed by atoms with Crippen molar-refractivity contribution in [2.45, 2.75) is 30.8 Å². The maximum atomic E-state index is 12.9. The summed E-state index contributed by atoms with van der Waals surface area (Å²) in [5, 5.41) is 0.693. The van der Waals surface area contributed by atoms with Gasteiger partial charge in [-0.05, 0) is 42.5 Å². The average Bonchev–Trinajstić information content (AvgIpc) is 3.05. The van der Waals surface area contributed by atoms with Crippen molar-refractivity contribution in [2.24, 2.45) is 0 Å². The van der Waals surface area contributed by atoms with E-state index in [1.54, 1.807) is 18.2 Å². The molecule has 1 saturated heterocycles. The zero-order valence-electron chi connectivity index (χ0n) is 13.0. The van der Waals surface area contributed by atoms with Crippen molar-refractivity contribution < 1.29 is 13.2 Å². The van der Waals surface area contributed by atoms with Crippen LogP contribution >= 0.6 is 0 Å². The summed E-state index contributed by atoms with van der Waals surface area (Å²) >= 11 is 0. The van der Waals surface area contributed by atoms with Crippen LogP contribution in [0.3, 0.4) is 0 Å². The molecule has 2 aromatic rings. The normalized spacial score (nSPS) is 18.8. The highest BCUT2D eigenvalue weighted by atomic mass is 32.2. The van der Waals surface area contributed by atoms with Gasteiger partial charge in [-0.25, -0.2) is 8.42 Å². The van der Waals surface area contributed by atoms with E-state index in [4.69, 9.17) is 4.74 Å². The minimum absolute atomic E-state index is 0.0264. The van der Waals surface area contributed by atoms with Gasteiger partial charge >= 0.3 is 0 Å². The predicted octanol–water partition coefficient (Wildman–Crippen LogP) is 1.72. The quantitative estimate of drug-likeness (QED) is 0.901. The summed E-state index contributed by atoms with van der Waals surface area (Å²) in [6.45, 7) is 3.30. The first-order valence-electron chi connectivity index (χ1n) is 7.75. The second kappa shape index (κ2) is 6.43. The van der Waals surface area contributed by atoms with E-state index in [-0.39, 0.29) is 16.6 Å². The summed E-state index contributed by atoms with van der Waals surface area (Å²) in [5.41, 5.74) is 0.417. The molecular weight excluding hydrogens is 316 g/mol. The van der Waals surface area contributed by atoms with Gasteiger partial charge in [0.2, 0.25) is 15.6 Å². The van der Waals surface area contributed by atoms with Gasteiger partial charge in [-0.3, -0.25) is 4.79 Å². The highest BCUT2D eigenvalue weighted by Gasteiger charge is 2.28. The van der Waals surface area contributed by atoms with Gasteiger partial charge < -0.3 is 9.72 Å². The van der Waals surface area contributed by atoms with Gasteiger partial charge in [0, 0.05) is 31.3 Å². The molecule has 0 spiro atoms. The van der Waals surface area contributed by atoms with Crippen LogP contribution in [0.2, 0.25) is 0 Å². The topological polar surface area (TPSA) is 79.5 Å². The molecule has 7 heteroatoms. The molecule has 1 aliphatic heterocycles. The molecule has 0 bridgehead atoms. The Morgan fingerprint density at radius 2 is 2.13 bits per heavy atom. The number of hydrogen-bond donors (Lipinski definition) is 1. The second-order valence-corrected chi connectivity index (χ2v) is 7.60. The first-order chi connectivity index (χ1) is 11.0. The van der Waals surface area contributed by atoms with E-state index in [0.29, 0.717) is 30.6 Å². The van der Waals surface area contributed by atoms with E-state index in [1.807, 2.05) is 6.92 Å². The number of aromatic nitrogens is 1. The van der Waals surface area contributed by atoms with Crippen molar-refractivity contribution in [1.29, 1.82) is 0 Å². The van der Waals surface area contributed by atoms with Crippen molar-refractivity contribution in [3.05, 3.63) is 40.7 Å². The number of sulfonamides is 1. The molecule has 1 fully saturated rings. The number of rotatable bonds is 5. The monoisotopic (exact) mass is 336 g/mol. The molecule has 1 aromatic carbocycles. The predicted molar refractivity (Wildman–Crippen MR) is 88.0 cm³/mol. The first-order valence-corrected chi connectivity index (χ1v) is 9.19. The average molecular weight is 336 g/mol. The highest BCUT2D eigenvalue weighted by Crippen LogP contribution is 2.22. The Kier molecular flexibility index (Phi) is 4.52. The standard InChI is InChI=1S/C16H20N2O4S/c1-2-18(11-13-4-3-9-22-13)23(20,21)14-6-7-15-12(10-14)5-8-16(19)17-15/h5-8,10,13H,2-4,9,11H2,1H3,(H,17,19)/t13-/m1/s1. The Labute approximate surface area is 135 Å². The molecule has 1 aliphatic rings. The fraction of sp³-hybridized carbons (Fsp3) is 0.438. The number of pyridine rings is 1. The van der Waals surface area contributed by atoms with Crippen molar-refractivity contribution in [3.63, 3.8) is 0 Å². The molecule has 0 saturated carbocycles. The number of nitrogens with zero attached hydrogens (tertiary/aromatic N) is 1. The summed E-state index contributed by atoms with van der Waals surface area (Å²) in [7, 11) is -3.58. The second-order valence-electron chi connectivity index (χ2n) is 5.66. The van der Waals surface area contributed by atoms with Crippen molar-refractivity contribution in [2.75, 3.05) is 19.7 Å². The molecule has 23 heavy (non-hydrogen) atoms. The van der Waals surface area contributed by atoms with Crippen molar-refractivity contribution in [3.8, 4) is 0 Å². The van der Waals surface area contributed by atoms with Crippen LogP contribution in [-0.2, 0) is 14.8 Å². The number of benzene rings is 1. The summed E-state index contributed by atoms with van der Waals surface area (Å²) in [4.78, 5) is 14.2. The fourth-order valence-electron chi connectivity index (χ4n) is 2.85. The zero-order valence-corrected chi connectivity index (χ0v) is 13.8. The lowest BCUT2D eigenvalue weighted by Gasteiger charge is -2.23. The molecule has 6 nitrogen and oxygen atoms in total. The number of hydrogen-bond acceptors (Lipinski definition) is 4. The molecule has 0 radical (unpaired) electrons. The summed E-state index contributed by atoms with van der Waals surface area (Å²) in [6.07, 6.45) is 1.85. The summed E-state index contributed by atoms with van der Waals surface area (Å²) in [6, 6.07) is 7.78. The molecule has 3 rings (SSSR count). The number of nitrogens with one attached hydrogen (secondary N) is 1. The van der Waals surface area contributed by atoms with Gasteiger partial charge in [-0.15, -0.1) is 0 Å². The zero-order chi connectivity index (χ0) is 16.4. The summed E-state index contributed by atoms with van der Waals surface area (Å²) in [5.74, 6) is 0.